The number of hydrogen-bond donors (Lipinski definition) is 2. The SMILES string of the molecule is CCN1CCC(n2nccc2NC(=O)[C@H](C)NS(=O)(=O)c2ccc(C)cc2)CC1. The molecule has 2 N–H and O–H groups in total. The number of aryl methyl sites for hydroxylation is 1. The third-order valence-electron chi connectivity index (χ3n) is 5.33. The predicted octanol–water partition coefficient (Wildman–Crippen LogP) is 2.15. The summed E-state index contributed by atoms with van der Waals surface area (Å²) in [6.07, 6.45) is 3.59. The molecule has 1 atom stereocenters. The van der Waals surface area contributed by atoms with E-state index in [-0.39, 0.29) is 10.9 Å². The number of amides is 1. The summed E-state index contributed by atoms with van der Waals surface area (Å²) in [5, 5.41) is 7.20. The first-order chi connectivity index (χ1) is 13.8. The van der Waals surface area contributed by atoms with Gasteiger partial charge in [0.15, 0.2) is 0 Å². The lowest BCUT2D eigenvalue weighted by molar-refractivity contribution is -0.117. The summed E-state index contributed by atoms with van der Waals surface area (Å²) in [5.41, 5.74) is 0.966. The molecule has 1 fully saturated rings. The second-order valence-corrected chi connectivity index (χ2v) is 9.19. The molecule has 2 aromatic rings. The van der Waals surface area contributed by atoms with E-state index in [1.807, 2.05) is 11.6 Å². The van der Waals surface area contributed by atoms with E-state index in [1.165, 1.54) is 19.1 Å². The van der Waals surface area contributed by atoms with Crippen molar-refractivity contribution in [3.05, 3.63) is 42.1 Å². The van der Waals surface area contributed by atoms with Crippen LogP contribution in [0.25, 0.3) is 0 Å². The van der Waals surface area contributed by atoms with Crippen molar-refractivity contribution in [2.75, 3.05) is 25.0 Å². The molecule has 29 heavy (non-hydrogen) atoms. The number of carbonyl (C=O) groups is 1. The molecule has 0 unspecified atom stereocenters. The van der Waals surface area contributed by atoms with Gasteiger partial charge >= 0.3 is 0 Å². The third-order valence-corrected chi connectivity index (χ3v) is 6.88. The molecule has 0 aliphatic carbocycles. The van der Waals surface area contributed by atoms with Crippen LogP contribution in [-0.2, 0) is 14.8 Å². The fourth-order valence-electron chi connectivity index (χ4n) is 3.49. The van der Waals surface area contributed by atoms with Crippen molar-refractivity contribution in [3.63, 3.8) is 0 Å². The summed E-state index contributed by atoms with van der Waals surface area (Å²) in [4.78, 5) is 15.1. The van der Waals surface area contributed by atoms with E-state index >= 15 is 0 Å². The molecule has 0 radical (unpaired) electrons. The van der Waals surface area contributed by atoms with Gasteiger partial charge in [-0.2, -0.15) is 9.82 Å². The van der Waals surface area contributed by atoms with E-state index in [2.05, 4.69) is 27.0 Å². The van der Waals surface area contributed by atoms with Gasteiger partial charge in [0.25, 0.3) is 0 Å². The molecule has 1 aliphatic rings. The number of piperidine rings is 1. The number of aromatic nitrogens is 2. The zero-order chi connectivity index (χ0) is 21.0. The Bertz CT molecular complexity index is 931. The lowest BCUT2D eigenvalue weighted by Gasteiger charge is -2.31. The first-order valence-corrected chi connectivity index (χ1v) is 11.4. The van der Waals surface area contributed by atoms with Gasteiger partial charge in [-0.1, -0.05) is 24.6 Å². The van der Waals surface area contributed by atoms with Crippen molar-refractivity contribution in [1.82, 2.24) is 19.4 Å². The van der Waals surface area contributed by atoms with Crippen LogP contribution >= 0.6 is 0 Å². The Balaban J connectivity index is 1.63. The third kappa shape index (κ3) is 5.23. The molecule has 0 spiro atoms. The summed E-state index contributed by atoms with van der Waals surface area (Å²) in [5.74, 6) is 0.166. The fourth-order valence-corrected chi connectivity index (χ4v) is 4.69. The van der Waals surface area contributed by atoms with Crippen molar-refractivity contribution < 1.29 is 13.2 Å². The molecule has 0 saturated carbocycles. The second-order valence-electron chi connectivity index (χ2n) is 7.47. The smallest absolute Gasteiger partial charge is 0.243 e. The van der Waals surface area contributed by atoms with Gasteiger partial charge < -0.3 is 10.2 Å². The van der Waals surface area contributed by atoms with E-state index < -0.39 is 22.0 Å². The Morgan fingerprint density at radius 3 is 2.48 bits per heavy atom. The van der Waals surface area contributed by atoms with Crippen LogP contribution < -0.4 is 10.0 Å². The molecule has 8 nitrogen and oxygen atoms in total. The molecule has 1 amide bonds. The Hall–Kier alpha value is -2.23. The average molecular weight is 420 g/mol. The van der Waals surface area contributed by atoms with E-state index in [0.29, 0.717) is 5.82 Å². The first-order valence-electron chi connectivity index (χ1n) is 9.96. The van der Waals surface area contributed by atoms with Gasteiger partial charge in [-0.3, -0.25) is 4.79 Å². The van der Waals surface area contributed by atoms with E-state index in [0.717, 1.165) is 38.0 Å². The molecule has 0 bridgehead atoms. The Morgan fingerprint density at radius 2 is 1.86 bits per heavy atom. The fraction of sp³-hybridized carbons (Fsp3) is 0.500. The maximum atomic E-state index is 12.6. The largest absolute Gasteiger partial charge is 0.310 e. The number of anilines is 1. The van der Waals surface area contributed by atoms with E-state index in [4.69, 9.17) is 0 Å². The number of nitrogens with one attached hydrogen (secondary N) is 2. The topological polar surface area (TPSA) is 96.3 Å². The number of nitrogens with zero attached hydrogens (tertiary/aromatic N) is 3. The standard InChI is InChI=1S/C20H29N5O3S/c1-4-24-13-10-17(11-14-24)25-19(9-12-21-25)22-20(26)16(3)23-29(27,28)18-7-5-15(2)6-8-18/h5-9,12,16-17,23H,4,10-11,13-14H2,1-3H3,(H,22,26)/t16-/m0/s1. The molecular formula is C20H29N5O3S. The zero-order valence-electron chi connectivity index (χ0n) is 17.1. The summed E-state index contributed by atoms with van der Waals surface area (Å²) in [6.45, 7) is 8.60. The van der Waals surface area contributed by atoms with Crippen LogP contribution in [0.4, 0.5) is 5.82 Å². The zero-order valence-corrected chi connectivity index (χ0v) is 17.9. The lowest BCUT2D eigenvalue weighted by Crippen LogP contribution is -2.42. The molecule has 158 valence electrons. The summed E-state index contributed by atoms with van der Waals surface area (Å²) < 4.78 is 29.3. The van der Waals surface area contributed by atoms with Crippen LogP contribution in [0.2, 0.25) is 0 Å². The summed E-state index contributed by atoms with van der Waals surface area (Å²) >= 11 is 0. The highest BCUT2D eigenvalue weighted by Gasteiger charge is 2.25. The molecule has 1 saturated heterocycles. The molecule has 2 heterocycles. The summed E-state index contributed by atoms with van der Waals surface area (Å²) in [7, 11) is -3.78. The monoisotopic (exact) mass is 419 g/mol. The highest BCUT2D eigenvalue weighted by atomic mass is 32.2. The van der Waals surface area contributed by atoms with Crippen LogP contribution in [0.3, 0.4) is 0 Å². The van der Waals surface area contributed by atoms with Crippen molar-refractivity contribution in [1.29, 1.82) is 0 Å². The van der Waals surface area contributed by atoms with Crippen LogP contribution in [-0.4, -0.2) is 54.7 Å². The highest BCUT2D eigenvalue weighted by Crippen LogP contribution is 2.25. The molecule has 3 rings (SSSR count). The van der Waals surface area contributed by atoms with Gasteiger partial charge in [-0.25, -0.2) is 13.1 Å². The number of rotatable bonds is 7. The van der Waals surface area contributed by atoms with Crippen molar-refractivity contribution in [2.45, 2.75) is 50.6 Å². The van der Waals surface area contributed by atoms with Crippen molar-refractivity contribution in [2.24, 2.45) is 0 Å². The molecular weight excluding hydrogens is 390 g/mol. The highest BCUT2D eigenvalue weighted by molar-refractivity contribution is 7.89. The maximum Gasteiger partial charge on any atom is 0.243 e. The Kier molecular flexibility index (Phi) is 6.71. The van der Waals surface area contributed by atoms with Crippen LogP contribution in [0, 0.1) is 6.92 Å². The molecule has 9 heteroatoms. The predicted molar refractivity (Wildman–Crippen MR) is 112 cm³/mol. The second kappa shape index (κ2) is 9.06. The van der Waals surface area contributed by atoms with E-state index in [1.54, 1.807) is 24.4 Å². The average Bonchev–Trinajstić information content (AvgIpc) is 3.16. The Labute approximate surface area is 172 Å². The van der Waals surface area contributed by atoms with Crippen LogP contribution in [0.5, 0.6) is 0 Å². The van der Waals surface area contributed by atoms with Crippen LogP contribution in [0.1, 0.15) is 38.3 Å². The number of benzene rings is 1. The van der Waals surface area contributed by atoms with Gasteiger partial charge in [-0.15, -0.1) is 0 Å². The minimum absolute atomic E-state index is 0.135. The van der Waals surface area contributed by atoms with Crippen LogP contribution in [0.15, 0.2) is 41.4 Å². The van der Waals surface area contributed by atoms with Gasteiger partial charge in [0.05, 0.1) is 23.2 Å². The van der Waals surface area contributed by atoms with Gasteiger partial charge in [0, 0.05) is 19.2 Å². The summed E-state index contributed by atoms with van der Waals surface area (Å²) in [6, 6.07) is 7.55. The van der Waals surface area contributed by atoms with Crippen molar-refractivity contribution >= 4 is 21.7 Å². The maximum absolute atomic E-state index is 12.6. The quantitative estimate of drug-likeness (QED) is 0.717. The number of carbonyl (C=O) groups excluding carboxylic acids is 1. The minimum Gasteiger partial charge on any atom is -0.310 e. The number of sulfonamides is 1. The Morgan fingerprint density at radius 1 is 1.21 bits per heavy atom. The number of hydrogen-bond acceptors (Lipinski definition) is 5. The normalized spacial score (nSPS) is 17.2. The lowest BCUT2D eigenvalue weighted by atomic mass is 10.1. The van der Waals surface area contributed by atoms with Gasteiger partial charge in [0.1, 0.15) is 5.82 Å². The van der Waals surface area contributed by atoms with Gasteiger partial charge in [0.2, 0.25) is 15.9 Å². The molecule has 1 aromatic heterocycles. The van der Waals surface area contributed by atoms with Gasteiger partial charge in [-0.05, 0) is 45.4 Å². The molecule has 1 aromatic carbocycles. The van der Waals surface area contributed by atoms with Crippen molar-refractivity contribution in [3.8, 4) is 0 Å². The molecule has 1 aliphatic heterocycles. The number of likely N-dealkylation sites (tertiary alicyclic amines) is 1. The first kappa shape index (κ1) is 21.5. The minimum atomic E-state index is -3.78. The van der Waals surface area contributed by atoms with E-state index in [9.17, 15) is 13.2 Å².